The molecule has 0 aliphatic carbocycles. The summed E-state index contributed by atoms with van der Waals surface area (Å²) >= 11 is 0. The lowest BCUT2D eigenvalue weighted by molar-refractivity contribution is 0.0294. The van der Waals surface area contributed by atoms with Gasteiger partial charge in [0, 0.05) is 25.8 Å². The summed E-state index contributed by atoms with van der Waals surface area (Å²) < 4.78 is 19.9. The molecule has 3 heterocycles. The van der Waals surface area contributed by atoms with Gasteiger partial charge >= 0.3 is 0 Å². The third kappa shape index (κ3) is 4.12. The molecule has 29 heavy (non-hydrogen) atoms. The molecule has 0 radical (unpaired) electrons. The first kappa shape index (κ1) is 19.1. The first-order valence-electron chi connectivity index (χ1n) is 9.50. The lowest BCUT2D eigenvalue weighted by Crippen LogP contribution is -2.41. The van der Waals surface area contributed by atoms with Crippen molar-refractivity contribution in [3.63, 3.8) is 0 Å². The van der Waals surface area contributed by atoms with Crippen molar-refractivity contribution in [3.05, 3.63) is 71.6 Å². The van der Waals surface area contributed by atoms with Crippen LogP contribution in [-0.2, 0) is 11.2 Å². The van der Waals surface area contributed by atoms with Crippen LogP contribution in [0.1, 0.15) is 26.7 Å². The topological polar surface area (TPSA) is 75.9 Å². The minimum atomic E-state index is -0.350. The van der Waals surface area contributed by atoms with Crippen LogP contribution in [0.25, 0.3) is 5.52 Å². The second-order valence-corrected chi connectivity index (χ2v) is 6.78. The molecule has 1 aliphatic rings. The molecule has 2 amide bonds. The number of amides is 2. The lowest BCUT2D eigenvalue weighted by Gasteiger charge is -2.26. The Balaban J connectivity index is 1.51. The van der Waals surface area contributed by atoms with Crippen LogP contribution in [0, 0.1) is 5.82 Å². The minimum absolute atomic E-state index is 0.210. The molecular formula is C21H21FN4O3. The maximum Gasteiger partial charge on any atom is 0.290 e. The number of nitrogens with one attached hydrogen (secondary N) is 1. The van der Waals surface area contributed by atoms with Gasteiger partial charge in [0.1, 0.15) is 5.82 Å². The smallest absolute Gasteiger partial charge is 0.290 e. The van der Waals surface area contributed by atoms with E-state index in [-0.39, 0.29) is 29.1 Å². The van der Waals surface area contributed by atoms with Gasteiger partial charge in [-0.15, -0.1) is 0 Å². The third-order valence-corrected chi connectivity index (χ3v) is 4.87. The first-order chi connectivity index (χ1) is 14.1. The predicted octanol–water partition coefficient (Wildman–Crippen LogP) is 1.92. The Morgan fingerprint density at radius 3 is 2.62 bits per heavy atom. The van der Waals surface area contributed by atoms with Crippen LogP contribution in [0.3, 0.4) is 0 Å². The van der Waals surface area contributed by atoms with Gasteiger partial charge in [-0.3, -0.25) is 14.0 Å². The van der Waals surface area contributed by atoms with Gasteiger partial charge in [-0.05, 0) is 36.2 Å². The average molecular weight is 396 g/mol. The fourth-order valence-corrected chi connectivity index (χ4v) is 3.32. The van der Waals surface area contributed by atoms with Gasteiger partial charge in [-0.25, -0.2) is 9.37 Å². The van der Waals surface area contributed by atoms with Crippen molar-refractivity contribution in [1.29, 1.82) is 0 Å². The SMILES string of the molecule is O=C(NCCc1ccc(F)cc1)c1nc(C(=O)N2CCOCC2)n2ccccc12. The molecule has 1 N–H and O–H groups in total. The molecule has 4 rings (SSSR count). The van der Waals surface area contributed by atoms with Crippen molar-refractivity contribution in [1.82, 2.24) is 19.6 Å². The Labute approximate surface area is 167 Å². The van der Waals surface area contributed by atoms with Gasteiger partial charge in [0.15, 0.2) is 5.69 Å². The number of imidazole rings is 1. The highest BCUT2D eigenvalue weighted by atomic mass is 19.1. The number of ether oxygens (including phenoxy) is 1. The van der Waals surface area contributed by atoms with Crippen LogP contribution in [0.5, 0.6) is 0 Å². The van der Waals surface area contributed by atoms with Gasteiger partial charge in [-0.2, -0.15) is 0 Å². The first-order valence-corrected chi connectivity index (χ1v) is 9.50. The van der Waals surface area contributed by atoms with Crippen LogP contribution < -0.4 is 5.32 Å². The van der Waals surface area contributed by atoms with Gasteiger partial charge in [-0.1, -0.05) is 18.2 Å². The highest BCUT2D eigenvalue weighted by Crippen LogP contribution is 2.16. The molecule has 7 nitrogen and oxygen atoms in total. The van der Waals surface area contributed by atoms with E-state index in [1.807, 2.05) is 0 Å². The van der Waals surface area contributed by atoms with Crippen LogP contribution >= 0.6 is 0 Å². The Hall–Kier alpha value is -3.26. The highest BCUT2D eigenvalue weighted by Gasteiger charge is 2.26. The normalized spacial score (nSPS) is 14.2. The largest absolute Gasteiger partial charge is 0.378 e. The molecule has 8 heteroatoms. The molecule has 1 fully saturated rings. The van der Waals surface area contributed by atoms with Crippen molar-refractivity contribution >= 4 is 17.3 Å². The molecule has 1 aliphatic heterocycles. The van der Waals surface area contributed by atoms with E-state index >= 15 is 0 Å². The second kappa shape index (κ2) is 8.40. The quantitative estimate of drug-likeness (QED) is 0.715. The summed E-state index contributed by atoms with van der Waals surface area (Å²) in [7, 11) is 0. The average Bonchev–Trinajstić information content (AvgIpc) is 3.15. The van der Waals surface area contributed by atoms with Crippen LogP contribution in [0.15, 0.2) is 48.7 Å². The monoisotopic (exact) mass is 396 g/mol. The van der Waals surface area contributed by atoms with E-state index in [9.17, 15) is 14.0 Å². The summed E-state index contributed by atoms with van der Waals surface area (Å²) in [6.07, 6.45) is 2.29. The van der Waals surface area contributed by atoms with E-state index in [0.29, 0.717) is 44.8 Å². The number of carbonyl (C=O) groups excluding carboxylic acids is 2. The van der Waals surface area contributed by atoms with Gasteiger partial charge in [0.05, 0.1) is 18.7 Å². The summed E-state index contributed by atoms with van der Waals surface area (Å²) in [6.45, 7) is 2.36. The van der Waals surface area contributed by atoms with E-state index in [0.717, 1.165) is 5.56 Å². The Morgan fingerprint density at radius 1 is 1.10 bits per heavy atom. The highest BCUT2D eigenvalue weighted by molar-refractivity contribution is 6.02. The Kier molecular flexibility index (Phi) is 5.53. The van der Waals surface area contributed by atoms with Crippen molar-refractivity contribution in [2.45, 2.75) is 6.42 Å². The number of hydrogen-bond acceptors (Lipinski definition) is 4. The number of morpholine rings is 1. The zero-order valence-corrected chi connectivity index (χ0v) is 15.8. The number of pyridine rings is 1. The van der Waals surface area contributed by atoms with E-state index in [4.69, 9.17) is 4.74 Å². The standard InChI is InChI=1S/C21H21FN4O3/c22-16-6-4-15(5-7-16)8-9-23-20(27)18-17-3-1-2-10-26(17)19(24-18)21(28)25-11-13-29-14-12-25/h1-7,10H,8-9,11-14H2,(H,23,27). The third-order valence-electron chi connectivity index (χ3n) is 4.87. The number of benzene rings is 1. The van der Waals surface area contributed by atoms with Crippen molar-refractivity contribution < 1.29 is 18.7 Å². The predicted molar refractivity (Wildman–Crippen MR) is 104 cm³/mol. The molecule has 150 valence electrons. The molecule has 1 saturated heterocycles. The van der Waals surface area contributed by atoms with Crippen LogP contribution in [0.2, 0.25) is 0 Å². The lowest BCUT2D eigenvalue weighted by atomic mass is 10.1. The maximum absolute atomic E-state index is 13.0. The second-order valence-electron chi connectivity index (χ2n) is 6.78. The summed E-state index contributed by atoms with van der Waals surface area (Å²) in [5.74, 6) is -0.650. The van der Waals surface area contributed by atoms with Crippen molar-refractivity contribution in [2.24, 2.45) is 0 Å². The molecule has 0 atom stereocenters. The zero-order valence-electron chi connectivity index (χ0n) is 15.8. The van der Waals surface area contributed by atoms with Gasteiger partial charge in [0.2, 0.25) is 5.82 Å². The molecule has 1 aromatic carbocycles. The number of rotatable bonds is 5. The van der Waals surface area contributed by atoms with Gasteiger partial charge in [0.25, 0.3) is 11.8 Å². The summed E-state index contributed by atoms with van der Waals surface area (Å²) in [4.78, 5) is 31.7. The molecule has 0 unspecified atom stereocenters. The number of aromatic nitrogens is 2. The molecule has 0 spiro atoms. The summed E-state index contributed by atoms with van der Waals surface area (Å²) in [5, 5.41) is 2.83. The molecule has 0 bridgehead atoms. The van der Waals surface area contributed by atoms with E-state index in [1.165, 1.54) is 12.1 Å². The van der Waals surface area contributed by atoms with E-state index in [2.05, 4.69) is 10.3 Å². The fraction of sp³-hybridized carbons (Fsp3) is 0.286. The molecule has 3 aromatic rings. The molecule has 0 saturated carbocycles. The summed E-state index contributed by atoms with van der Waals surface area (Å²) in [5.41, 5.74) is 1.70. The molecular weight excluding hydrogens is 375 g/mol. The van der Waals surface area contributed by atoms with Crippen molar-refractivity contribution in [3.8, 4) is 0 Å². The Bertz CT molecular complexity index is 1030. The number of carbonyl (C=O) groups is 2. The molecule has 2 aromatic heterocycles. The zero-order chi connectivity index (χ0) is 20.2. The van der Waals surface area contributed by atoms with Crippen LogP contribution in [0.4, 0.5) is 4.39 Å². The number of hydrogen-bond donors (Lipinski definition) is 1. The van der Waals surface area contributed by atoms with Gasteiger partial charge < -0.3 is 15.0 Å². The van der Waals surface area contributed by atoms with Crippen molar-refractivity contribution in [2.75, 3.05) is 32.8 Å². The maximum atomic E-state index is 13.0. The van der Waals surface area contributed by atoms with E-state index in [1.54, 1.807) is 45.8 Å². The van der Waals surface area contributed by atoms with Crippen LogP contribution in [-0.4, -0.2) is 58.9 Å². The fourth-order valence-electron chi connectivity index (χ4n) is 3.32. The number of fused-ring (bicyclic) bond motifs is 1. The summed E-state index contributed by atoms with van der Waals surface area (Å²) in [6, 6.07) is 11.5. The number of nitrogens with zero attached hydrogens (tertiary/aromatic N) is 3. The number of halogens is 1. The Morgan fingerprint density at radius 2 is 1.86 bits per heavy atom. The van der Waals surface area contributed by atoms with E-state index < -0.39 is 0 Å². The minimum Gasteiger partial charge on any atom is -0.378 e.